The summed E-state index contributed by atoms with van der Waals surface area (Å²) in [5.74, 6) is 0. The Hall–Kier alpha value is -2.36. The molecule has 3 heterocycles. The van der Waals surface area contributed by atoms with Crippen LogP contribution in [0.1, 0.15) is 0 Å². The molecule has 0 bridgehead atoms. The normalized spacial score (nSPS) is 18.5. The summed E-state index contributed by atoms with van der Waals surface area (Å²) in [6.07, 6.45) is 3.54. The maximum atomic E-state index is 12.9. The van der Waals surface area contributed by atoms with E-state index < -0.39 is 10.0 Å². The SMILES string of the molecule is O=C(N1CCN(c2ccncc2)CC1)N1CCN(S(=O)(=O)c2ccc(Cl)cc2)CC1. The fourth-order valence-electron chi connectivity index (χ4n) is 3.79. The van der Waals surface area contributed by atoms with Gasteiger partial charge in [0.25, 0.3) is 0 Å². The summed E-state index contributed by atoms with van der Waals surface area (Å²) in [5.41, 5.74) is 1.11. The standard InChI is InChI=1S/C20H24ClN5O3S/c21-17-1-3-19(4-2-17)30(28,29)26-15-13-25(14-16-26)20(27)24-11-9-23(10-12-24)18-5-7-22-8-6-18/h1-8H,9-16H2. The second kappa shape index (κ2) is 8.79. The average molecular weight is 450 g/mol. The molecule has 2 aromatic rings. The number of piperazine rings is 2. The minimum Gasteiger partial charge on any atom is -0.368 e. The van der Waals surface area contributed by atoms with Crippen LogP contribution in [0.5, 0.6) is 0 Å². The molecule has 2 fully saturated rings. The smallest absolute Gasteiger partial charge is 0.320 e. The van der Waals surface area contributed by atoms with Crippen LogP contribution in [-0.2, 0) is 10.0 Å². The van der Waals surface area contributed by atoms with Gasteiger partial charge in [-0.15, -0.1) is 0 Å². The predicted molar refractivity (Wildman–Crippen MR) is 115 cm³/mol. The largest absolute Gasteiger partial charge is 0.368 e. The average Bonchev–Trinajstić information content (AvgIpc) is 2.80. The molecular weight excluding hydrogens is 426 g/mol. The van der Waals surface area contributed by atoms with Crippen LogP contribution in [0.4, 0.5) is 10.5 Å². The van der Waals surface area contributed by atoms with Crippen LogP contribution in [-0.4, -0.2) is 85.9 Å². The third-order valence-electron chi connectivity index (χ3n) is 5.54. The number of halogens is 1. The molecule has 0 atom stereocenters. The van der Waals surface area contributed by atoms with E-state index in [4.69, 9.17) is 11.6 Å². The molecule has 0 aliphatic carbocycles. The number of amides is 2. The lowest BCUT2D eigenvalue weighted by Gasteiger charge is -2.40. The molecule has 0 radical (unpaired) electrons. The molecular formula is C20H24ClN5O3S. The Kier molecular flexibility index (Phi) is 6.12. The molecule has 0 unspecified atom stereocenters. The van der Waals surface area contributed by atoms with Crippen molar-refractivity contribution < 1.29 is 13.2 Å². The van der Waals surface area contributed by atoms with Crippen LogP contribution in [0.3, 0.4) is 0 Å². The van der Waals surface area contributed by atoms with E-state index in [1.807, 2.05) is 17.0 Å². The number of rotatable bonds is 3. The zero-order chi connectivity index (χ0) is 21.1. The van der Waals surface area contributed by atoms with Gasteiger partial charge >= 0.3 is 6.03 Å². The van der Waals surface area contributed by atoms with E-state index in [9.17, 15) is 13.2 Å². The number of anilines is 1. The number of nitrogens with zero attached hydrogens (tertiary/aromatic N) is 5. The molecule has 4 rings (SSSR count). The highest BCUT2D eigenvalue weighted by molar-refractivity contribution is 7.89. The number of benzene rings is 1. The van der Waals surface area contributed by atoms with Gasteiger partial charge in [-0.1, -0.05) is 11.6 Å². The van der Waals surface area contributed by atoms with Crippen LogP contribution in [0.2, 0.25) is 5.02 Å². The summed E-state index contributed by atoms with van der Waals surface area (Å²) in [6.45, 7) is 4.16. The first kappa shape index (κ1) is 20.9. The molecule has 160 valence electrons. The Labute approximate surface area is 181 Å². The molecule has 0 N–H and O–H groups in total. The van der Waals surface area contributed by atoms with Gasteiger partial charge in [-0.05, 0) is 36.4 Å². The zero-order valence-corrected chi connectivity index (χ0v) is 18.1. The first-order valence-electron chi connectivity index (χ1n) is 9.90. The van der Waals surface area contributed by atoms with E-state index in [0.717, 1.165) is 18.8 Å². The first-order chi connectivity index (χ1) is 14.4. The van der Waals surface area contributed by atoms with E-state index in [1.54, 1.807) is 29.4 Å². The van der Waals surface area contributed by atoms with Gasteiger partial charge in [0, 0.05) is 75.5 Å². The van der Waals surface area contributed by atoms with E-state index in [-0.39, 0.29) is 24.0 Å². The molecule has 8 nitrogen and oxygen atoms in total. The van der Waals surface area contributed by atoms with E-state index in [2.05, 4.69) is 9.88 Å². The van der Waals surface area contributed by atoms with Crippen molar-refractivity contribution in [2.75, 3.05) is 57.3 Å². The number of hydrogen-bond donors (Lipinski definition) is 0. The number of sulfonamides is 1. The summed E-state index contributed by atoms with van der Waals surface area (Å²) in [5, 5.41) is 0.494. The molecule has 2 amide bonds. The fraction of sp³-hybridized carbons (Fsp3) is 0.400. The number of carbonyl (C=O) groups is 1. The van der Waals surface area contributed by atoms with E-state index in [1.165, 1.54) is 16.4 Å². The predicted octanol–water partition coefficient (Wildman–Crippen LogP) is 1.98. The summed E-state index contributed by atoms with van der Waals surface area (Å²) in [4.78, 5) is 23.0. The molecule has 0 spiro atoms. The molecule has 0 saturated carbocycles. The van der Waals surface area contributed by atoms with Crippen molar-refractivity contribution in [3.63, 3.8) is 0 Å². The minimum atomic E-state index is -3.58. The van der Waals surface area contributed by atoms with Gasteiger partial charge in [0.1, 0.15) is 0 Å². The van der Waals surface area contributed by atoms with Crippen molar-refractivity contribution in [3.8, 4) is 0 Å². The Morgan fingerprint density at radius 3 is 1.90 bits per heavy atom. The summed E-state index contributed by atoms with van der Waals surface area (Å²) in [6, 6.07) is 10.1. The first-order valence-corrected chi connectivity index (χ1v) is 11.7. The van der Waals surface area contributed by atoms with Crippen LogP contribution in [0.25, 0.3) is 0 Å². The van der Waals surface area contributed by atoms with E-state index in [0.29, 0.717) is 31.2 Å². The summed E-state index contributed by atoms with van der Waals surface area (Å²) < 4.78 is 27.0. The Balaban J connectivity index is 1.31. The maximum absolute atomic E-state index is 12.9. The highest BCUT2D eigenvalue weighted by Gasteiger charge is 2.32. The zero-order valence-electron chi connectivity index (χ0n) is 16.5. The number of carbonyl (C=O) groups excluding carboxylic acids is 1. The van der Waals surface area contributed by atoms with E-state index >= 15 is 0 Å². The lowest BCUT2D eigenvalue weighted by atomic mass is 10.2. The lowest BCUT2D eigenvalue weighted by molar-refractivity contribution is 0.132. The third-order valence-corrected chi connectivity index (χ3v) is 7.70. The van der Waals surface area contributed by atoms with Crippen molar-refractivity contribution in [2.45, 2.75) is 4.90 Å². The van der Waals surface area contributed by atoms with Gasteiger partial charge in [0.05, 0.1) is 4.90 Å². The molecule has 2 aliphatic rings. The summed E-state index contributed by atoms with van der Waals surface area (Å²) in [7, 11) is -3.58. The van der Waals surface area contributed by atoms with Crippen LogP contribution >= 0.6 is 11.6 Å². The fourth-order valence-corrected chi connectivity index (χ4v) is 5.33. The van der Waals surface area contributed by atoms with Gasteiger partial charge < -0.3 is 14.7 Å². The Morgan fingerprint density at radius 2 is 1.33 bits per heavy atom. The van der Waals surface area contributed by atoms with Crippen molar-refractivity contribution in [3.05, 3.63) is 53.8 Å². The monoisotopic (exact) mass is 449 g/mol. The van der Waals surface area contributed by atoms with Crippen molar-refractivity contribution in [2.24, 2.45) is 0 Å². The highest BCUT2D eigenvalue weighted by Crippen LogP contribution is 2.21. The second-order valence-electron chi connectivity index (χ2n) is 7.31. The quantitative estimate of drug-likeness (QED) is 0.716. The maximum Gasteiger partial charge on any atom is 0.320 e. The number of aromatic nitrogens is 1. The molecule has 2 aliphatic heterocycles. The molecule has 2 saturated heterocycles. The molecule has 30 heavy (non-hydrogen) atoms. The second-order valence-corrected chi connectivity index (χ2v) is 9.68. The van der Waals surface area contributed by atoms with Gasteiger partial charge in [-0.25, -0.2) is 13.2 Å². The van der Waals surface area contributed by atoms with Gasteiger partial charge in [0.15, 0.2) is 0 Å². The van der Waals surface area contributed by atoms with Crippen LogP contribution in [0.15, 0.2) is 53.7 Å². The molecule has 10 heteroatoms. The summed E-state index contributed by atoms with van der Waals surface area (Å²) >= 11 is 5.86. The number of pyridine rings is 1. The Bertz CT molecular complexity index is 971. The van der Waals surface area contributed by atoms with Crippen LogP contribution < -0.4 is 4.90 Å². The number of hydrogen-bond acceptors (Lipinski definition) is 5. The minimum absolute atomic E-state index is 0.0204. The molecule has 1 aromatic heterocycles. The lowest BCUT2D eigenvalue weighted by Crippen LogP contribution is -2.57. The van der Waals surface area contributed by atoms with Crippen LogP contribution in [0, 0.1) is 0 Å². The van der Waals surface area contributed by atoms with Gasteiger partial charge in [-0.3, -0.25) is 4.98 Å². The molecule has 1 aromatic carbocycles. The van der Waals surface area contributed by atoms with Gasteiger partial charge in [-0.2, -0.15) is 4.31 Å². The highest BCUT2D eigenvalue weighted by atomic mass is 35.5. The van der Waals surface area contributed by atoms with Crippen molar-refractivity contribution >= 4 is 33.3 Å². The Morgan fingerprint density at radius 1 is 0.800 bits per heavy atom. The topological polar surface area (TPSA) is 77.1 Å². The van der Waals surface area contributed by atoms with Crippen molar-refractivity contribution in [1.82, 2.24) is 19.1 Å². The van der Waals surface area contributed by atoms with Gasteiger partial charge in [0.2, 0.25) is 10.0 Å². The third kappa shape index (κ3) is 4.38. The van der Waals surface area contributed by atoms with Crippen molar-refractivity contribution in [1.29, 1.82) is 0 Å². The number of urea groups is 1.